The average molecular weight is 421 g/mol. The second kappa shape index (κ2) is 9.54. The number of para-hydroxylation sites is 1. The number of hydrogen-bond donors (Lipinski definition) is 0. The van der Waals surface area contributed by atoms with Gasteiger partial charge in [-0.1, -0.05) is 41.6 Å². The maximum Gasteiger partial charge on any atom is 0.262 e. The maximum absolute atomic E-state index is 13.3. The zero-order valence-corrected chi connectivity index (χ0v) is 17.4. The zero-order valence-electron chi connectivity index (χ0n) is 15.8. The van der Waals surface area contributed by atoms with Gasteiger partial charge in [-0.3, -0.25) is 9.36 Å². The van der Waals surface area contributed by atoms with E-state index in [-0.39, 0.29) is 17.5 Å². The van der Waals surface area contributed by atoms with E-state index in [2.05, 4.69) is 4.98 Å². The van der Waals surface area contributed by atoms with E-state index in [1.165, 1.54) is 23.9 Å². The molecule has 28 heavy (non-hydrogen) atoms. The van der Waals surface area contributed by atoms with Crippen molar-refractivity contribution in [2.45, 2.75) is 43.8 Å². The molecule has 0 atom stereocenters. The van der Waals surface area contributed by atoms with Crippen LogP contribution in [0.2, 0.25) is 5.02 Å². The fourth-order valence-electron chi connectivity index (χ4n) is 2.78. The lowest BCUT2D eigenvalue weighted by atomic mass is 10.2. The van der Waals surface area contributed by atoms with Gasteiger partial charge >= 0.3 is 0 Å². The molecule has 0 aliphatic heterocycles. The van der Waals surface area contributed by atoms with Crippen molar-refractivity contribution in [3.63, 3.8) is 0 Å². The molecular formula is C21H22ClFN2O2S. The third-order valence-corrected chi connectivity index (χ3v) is 5.55. The topological polar surface area (TPSA) is 44.1 Å². The van der Waals surface area contributed by atoms with Gasteiger partial charge in [0.25, 0.3) is 5.56 Å². The highest BCUT2D eigenvalue weighted by Gasteiger charge is 2.13. The highest BCUT2D eigenvalue weighted by atomic mass is 35.5. The smallest absolute Gasteiger partial charge is 0.262 e. The van der Waals surface area contributed by atoms with E-state index in [0.717, 1.165) is 5.56 Å². The van der Waals surface area contributed by atoms with Crippen LogP contribution in [0.3, 0.4) is 0 Å². The van der Waals surface area contributed by atoms with E-state index in [0.29, 0.717) is 46.4 Å². The lowest BCUT2D eigenvalue weighted by Crippen LogP contribution is -2.24. The van der Waals surface area contributed by atoms with Gasteiger partial charge in [0.2, 0.25) is 0 Å². The van der Waals surface area contributed by atoms with Gasteiger partial charge in [0.15, 0.2) is 5.16 Å². The molecule has 0 saturated heterocycles. The minimum absolute atomic E-state index is 0.0668. The number of rotatable bonds is 8. The van der Waals surface area contributed by atoms with Crippen molar-refractivity contribution < 1.29 is 9.13 Å². The van der Waals surface area contributed by atoms with Gasteiger partial charge in [-0.05, 0) is 50.1 Å². The Morgan fingerprint density at radius 1 is 1.25 bits per heavy atom. The van der Waals surface area contributed by atoms with Gasteiger partial charge < -0.3 is 4.74 Å². The van der Waals surface area contributed by atoms with Crippen LogP contribution in [0.15, 0.2) is 52.4 Å². The SMILES string of the molecule is CC(C)OCCCn1c(SCc2ccc(F)cc2Cl)nc2ccccc2c1=O. The van der Waals surface area contributed by atoms with Crippen LogP contribution >= 0.6 is 23.4 Å². The second-order valence-corrected chi connectivity index (χ2v) is 8.02. The average Bonchev–Trinajstić information content (AvgIpc) is 2.66. The molecule has 3 rings (SSSR count). The van der Waals surface area contributed by atoms with Crippen molar-refractivity contribution in [3.05, 3.63) is 69.2 Å². The van der Waals surface area contributed by atoms with Crippen LogP contribution in [0.4, 0.5) is 4.39 Å². The Hall–Kier alpha value is -1.89. The molecule has 7 heteroatoms. The third kappa shape index (κ3) is 5.13. The Bertz CT molecular complexity index is 1020. The summed E-state index contributed by atoms with van der Waals surface area (Å²) in [5, 5.41) is 1.58. The van der Waals surface area contributed by atoms with E-state index >= 15 is 0 Å². The van der Waals surface area contributed by atoms with E-state index in [9.17, 15) is 9.18 Å². The highest BCUT2D eigenvalue weighted by molar-refractivity contribution is 7.98. The number of benzene rings is 2. The minimum atomic E-state index is -0.371. The molecule has 0 amide bonds. The van der Waals surface area contributed by atoms with Crippen molar-refractivity contribution in [2.24, 2.45) is 0 Å². The monoisotopic (exact) mass is 420 g/mol. The highest BCUT2D eigenvalue weighted by Crippen LogP contribution is 2.27. The van der Waals surface area contributed by atoms with Crippen LogP contribution in [0.5, 0.6) is 0 Å². The number of nitrogens with zero attached hydrogens (tertiary/aromatic N) is 2. The van der Waals surface area contributed by atoms with Crippen molar-refractivity contribution in [2.75, 3.05) is 6.61 Å². The van der Waals surface area contributed by atoms with Gasteiger partial charge in [-0.2, -0.15) is 0 Å². The number of fused-ring (bicyclic) bond motifs is 1. The van der Waals surface area contributed by atoms with Crippen molar-refractivity contribution in [3.8, 4) is 0 Å². The summed E-state index contributed by atoms with van der Waals surface area (Å²) in [5.74, 6) is 0.122. The molecule has 4 nitrogen and oxygen atoms in total. The van der Waals surface area contributed by atoms with Gasteiger partial charge in [-0.15, -0.1) is 0 Å². The molecule has 2 aromatic carbocycles. The normalized spacial score (nSPS) is 11.5. The first kappa shape index (κ1) is 20.8. The lowest BCUT2D eigenvalue weighted by Gasteiger charge is -2.14. The van der Waals surface area contributed by atoms with Gasteiger partial charge in [-0.25, -0.2) is 9.37 Å². The van der Waals surface area contributed by atoms with Crippen LogP contribution in [0.1, 0.15) is 25.8 Å². The van der Waals surface area contributed by atoms with Crippen LogP contribution in [-0.2, 0) is 17.0 Å². The summed E-state index contributed by atoms with van der Waals surface area (Å²) < 4.78 is 20.6. The number of ether oxygens (including phenoxy) is 1. The predicted octanol–water partition coefficient (Wildman–Crippen LogP) is 5.30. The molecule has 0 saturated carbocycles. The molecule has 0 aliphatic rings. The summed E-state index contributed by atoms with van der Waals surface area (Å²) in [6.07, 6.45) is 0.865. The molecule has 0 unspecified atom stereocenters. The van der Waals surface area contributed by atoms with E-state index in [1.807, 2.05) is 32.0 Å². The first-order valence-corrected chi connectivity index (χ1v) is 10.5. The van der Waals surface area contributed by atoms with Crippen molar-refractivity contribution in [1.82, 2.24) is 9.55 Å². The molecule has 0 aliphatic carbocycles. The summed E-state index contributed by atoms with van der Waals surface area (Å²) in [5.41, 5.74) is 1.39. The molecule has 148 valence electrons. The predicted molar refractivity (Wildman–Crippen MR) is 113 cm³/mol. The molecule has 1 aromatic heterocycles. The van der Waals surface area contributed by atoms with E-state index in [4.69, 9.17) is 16.3 Å². The summed E-state index contributed by atoms with van der Waals surface area (Å²) >= 11 is 7.55. The molecule has 1 heterocycles. The summed E-state index contributed by atoms with van der Waals surface area (Å²) in [4.78, 5) is 17.7. The Kier molecular flexibility index (Phi) is 7.10. The Balaban J connectivity index is 1.87. The Labute approximate surface area is 172 Å². The fraction of sp³-hybridized carbons (Fsp3) is 0.333. The minimum Gasteiger partial charge on any atom is -0.379 e. The molecule has 0 radical (unpaired) electrons. The molecule has 0 N–H and O–H groups in total. The molecule has 3 aromatic rings. The number of thioether (sulfide) groups is 1. The maximum atomic E-state index is 13.3. The second-order valence-electron chi connectivity index (χ2n) is 6.67. The lowest BCUT2D eigenvalue weighted by molar-refractivity contribution is 0.0743. The number of aromatic nitrogens is 2. The summed E-state index contributed by atoms with van der Waals surface area (Å²) in [6, 6.07) is 11.6. The molecule has 0 spiro atoms. The van der Waals surface area contributed by atoms with Gasteiger partial charge in [0, 0.05) is 23.9 Å². The quantitative estimate of drug-likeness (QED) is 0.282. The fourth-order valence-corrected chi connectivity index (χ4v) is 4.12. The van der Waals surface area contributed by atoms with Crippen LogP contribution in [-0.4, -0.2) is 22.3 Å². The van der Waals surface area contributed by atoms with Crippen LogP contribution in [0.25, 0.3) is 10.9 Å². The molecule has 0 fully saturated rings. The third-order valence-electron chi connectivity index (χ3n) is 4.18. The Morgan fingerprint density at radius 3 is 2.79 bits per heavy atom. The van der Waals surface area contributed by atoms with Crippen LogP contribution < -0.4 is 5.56 Å². The van der Waals surface area contributed by atoms with Gasteiger partial charge in [0.05, 0.1) is 17.0 Å². The molecular weight excluding hydrogens is 399 g/mol. The standard InChI is InChI=1S/C21H22ClFN2O2S/c1-14(2)27-11-5-10-25-20(26)17-6-3-4-7-19(17)24-21(25)28-13-15-8-9-16(23)12-18(15)22/h3-4,6-9,12,14H,5,10-11,13H2,1-2H3. The first-order chi connectivity index (χ1) is 13.5. The number of hydrogen-bond acceptors (Lipinski definition) is 4. The largest absolute Gasteiger partial charge is 0.379 e. The van der Waals surface area contributed by atoms with E-state index in [1.54, 1.807) is 16.7 Å². The molecule has 0 bridgehead atoms. The Morgan fingerprint density at radius 2 is 2.04 bits per heavy atom. The van der Waals surface area contributed by atoms with Gasteiger partial charge in [0.1, 0.15) is 5.82 Å². The summed E-state index contributed by atoms with van der Waals surface area (Å²) in [6.45, 7) is 5.06. The van der Waals surface area contributed by atoms with E-state index < -0.39 is 0 Å². The summed E-state index contributed by atoms with van der Waals surface area (Å²) in [7, 11) is 0. The van der Waals surface area contributed by atoms with Crippen LogP contribution in [0, 0.1) is 5.82 Å². The zero-order chi connectivity index (χ0) is 20.1. The van der Waals surface area contributed by atoms with Crippen molar-refractivity contribution in [1.29, 1.82) is 0 Å². The van der Waals surface area contributed by atoms with Crippen molar-refractivity contribution >= 4 is 34.3 Å². The first-order valence-electron chi connectivity index (χ1n) is 9.13. The number of halogens is 2.